The predicted octanol–water partition coefficient (Wildman–Crippen LogP) is 0.172. The molecule has 0 bridgehead atoms. The number of rotatable bonds is 29. The summed E-state index contributed by atoms with van der Waals surface area (Å²) in [6, 6.07) is 0. The van der Waals surface area contributed by atoms with E-state index in [9.17, 15) is 9.59 Å². The normalized spacial score (nSPS) is 11.1. The van der Waals surface area contributed by atoms with Crippen LogP contribution in [0, 0.1) is 0 Å². The van der Waals surface area contributed by atoms with E-state index < -0.39 is 0 Å². The summed E-state index contributed by atoms with van der Waals surface area (Å²) in [5.74, 6) is -0.338. The van der Waals surface area contributed by atoms with Crippen LogP contribution in [0.4, 0.5) is 0 Å². The highest BCUT2D eigenvalue weighted by Crippen LogP contribution is 1.88. The molecule has 0 aliphatic heterocycles. The number of ether oxygens (including phenoxy) is 8. The molecule has 0 aromatic carbocycles. The van der Waals surface area contributed by atoms with Crippen LogP contribution in [-0.4, -0.2) is 131 Å². The van der Waals surface area contributed by atoms with E-state index in [1.165, 1.54) is 0 Å². The molecule has 0 aliphatic carbocycles. The number of carbonyl (C=O) groups is 2. The molecule has 0 atom stereocenters. The highest BCUT2D eigenvalue weighted by molar-refractivity contribution is 5.77. The highest BCUT2D eigenvalue weighted by Gasteiger charge is 2.03. The quantitative estimate of drug-likeness (QED) is 0.131. The number of hydrogen-bond donors (Lipinski definition) is 2. The first-order chi connectivity index (χ1) is 17.7. The van der Waals surface area contributed by atoms with Crippen molar-refractivity contribution in [3.8, 4) is 0 Å². The van der Waals surface area contributed by atoms with Gasteiger partial charge in [0.05, 0.1) is 85.9 Å². The van der Waals surface area contributed by atoms with Gasteiger partial charge >= 0.3 is 0 Å². The molecule has 0 saturated carbocycles. The van der Waals surface area contributed by atoms with Gasteiger partial charge in [0.1, 0.15) is 6.61 Å². The van der Waals surface area contributed by atoms with Crippen molar-refractivity contribution in [3.63, 3.8) is 0 Å². The Kier molecular flexibility index (Phi) is 28.7. The second kappa shape index (κ2) is 29.8. The number of methoxy groups -OCH3 is 1. The SMILES string of the molecule is CCCCOCCOCCOCC(=O)NCCOCCC(=O)NCCOCCOCCOCCOC. The Morgan fingerprint density at radius 1 is 0.528 bits per heavy atom. The summed E-state index contributed by atoms with van der Waals surface area (Å²) in [7, 11) is 1.63. The molecule has 214 valence electrons. The molecule has 0 unspecified atom stereocenters. The van der Waals surface area contributed by atoms with Gasteiger partial charge in [-0.1, -0.05) is 13.3 Å². The monoisotopic (exact) mass is 524 g/mol. The third kappa shape index (κ3) is 28.9. The van der Waals surface area contributed by atoms with Crippen LogP contribution in [-0.2, 0) is 47.5 Å². The van der Waals surface area contributed by atoms with Gasteiger partial charge in [0.2, 0.25) is 11.8 Å². The molecule has 0 aromatic rings. The maximum atomic E-state index is 11.7. The van der Waals surface area contributed by atoms with E-state index in [2.05, 4.69) is 17.6 Å². The third-order valence-corrected chi connectivity index (χ3v) is 4.41. The summed E-state index contributed by atoms with van der Waals surface area (Å²) < 4.78 is 42.2. The fourth-order valence-electron chi connectivity index (χ4n) is 2.47. The van der Waals surface area contributed by atoms with Gasteiger partial charge in [0, 0.05) is 33.2 Å². The largest absolute Gasteiger partial charge is 0.382 e. The Bertz CT molecular complexity index is 486. The zero-order valence-electron chi connectivity index (χ0n) is 22.2. The van der Waals surface area contributed by atoms with Gasteiger partial charge in [0.15, 0.2) is 0 Å². The zero-order valence-corrected chi connectivity index (χ0v) is 22.2. The van der Waals surface area contributed by atoms with Crippen LogP contribution in [0.5, 0.6) is 0 Å². The van der Waals surface area contributed by atoms with E-state index in [0.717, 1.165) is 19.4 Å². The summed E-state index contributed by atoms with van der Waals surface area (Å²) >= 11 is 0. The van der Waals surface area contributed by atoms with Gasteiger partial charge in [-0.2, -0.15) is 0 Å². The molecule has 0 aromatic heterocycles. The van der Waals surface area contributed by atoms with Crippen LogP contribution in [0.1, 0.15) is 26.2 Å². The molecule has 0 fully saturated rings. The fourth-order valence-corrected chi connectivity index (χ4v) is 2.47. The van der Waals surface area contributed by atoms with Gasteiger partial charge in [0.25, 0.3) is 0 Å². The van der Waals surface area contributed by atoms with Crippen molar-refractivity contribution in [1.29, 1.82) is 0 Å². The van der Waals surface area contributed by atoms with Crippen molar-refractivity contribution in [1.82, 2.24) is 10.6 Å². The third-order valence-electron chi connectivity index (χ3n) is 4.41. The maximum absolute atomic E-state index is 11.7. The zero-order chi connectivity index (χ0) is 26.4. The lowest BCUT2D eigenvalue weighted by atomic mass is 10.4. The second-order valence-corrected chi connectivity index (χ2v) is 7.52. The number of nitrogens with one attached hydrogen (secondary N) is 2. The molecule has 0 spiro atoms. The Labute approximate surface area is 215 Å². The minimum absolute atomic E-state index is 0.0315. The summed E-state index contributed by atoms with van der Waals surface area (Å²) in [6.45, 7) is 9.56. The Balaban J connectivity index is 3.26. The minimum atomic E-state index is -0.222. The molecular weight excluding hydrogens is 476 g/mol. The van der Waals surface area contributed by atoms with Crippen LogP contribution in [0.3, 0.4) is 0 Å². The van der Waals surface area contributed by atoms with Crippen molar-refractivity contribution in [2.75, 3.05) is 119 Å². The standard InChI is InChI=1S/C24H48N2O10/c1-3-4-8-30-14-16-35-20-21-36-22-24(28)26-7-10-31-9-5-23(27)25-6-11-32-15-17-34-19-18-33-13-12-29-2/h3-22H2,1-2H3,(H,25,27)(H,26,28). The lowest BCUT2D eigenvalue weighted by Crippen LogP contribution is -2.32. The van der Waals surface area contributed by atoms with E-state index in [0.29, 0.717) is 92.4 Å². The van der Waals surface area contributed by atoms with Gasteiger partial charge in [-0.3, -0.25) is 9.59 Å². The van der Waals surface area contributed by atoms with Crippen molar-refractivity contribution in [2.24, 2.45) is 0 Å². The molecule has 2 N–H and O–H groups in total. The summed E-state index contributed by atoms with van der Waals surface area (Å²) in [5, 5.41) is 5.45. The predicted molar refractivity (Wildman–Crippen MR) is 133 cm³/mol. The first-order valence-corrected chi connectivity index (χ1v) is 12.8. The highest BCUT2D eigenvalue weighted by atomic mass is 16.6. The van der Waals surface area contributed by atoms with Gasteiger partial charge in [-0.05, 0) is 6.42 Å². The number of hydrogen-bond acceptors (Lipinski definition) is 10. The van der Waals surface area contributed by atoms with Crippen molar-refractivity contribution < 1.29 is 47.5 Å². The van der Waals surface area contributed by atoms with Crippen LogP contribution >= 0.6 is 0 Å². The molecule has 0 rings (SSSR count). The molecular formula is C24H48N2O10. The van der Waals surface area contributed by atoms with Crippen LogP contribution in [0.15, 0.2) is 0 Å². The van der Waals surface area contributed by atoms with Crippen molar-refractivity contribution in [3.05, 3.63) is 0 Å². The van der Waals surface area contributed by atoms with Gasteiger partial charge in [-0.25, -0.2) is 0 Å². The lowest BCUT2D eigenvalue weighted by molar-refractivity contribution is -0.127. The molecule has 0 heterocycles. The van der Waals surface area contributed by atoms with Crippen LogP contribution in [0.25, 0.3) is 0 Å². The van der Waals surface area contributed by atoms with Crippen molar-refractivity contribution >= 4 is 11.8 Å². The lowest BCUT2D eigenvalue weighted by Gasteiger charge is -2.09. The van der Waals surface area contributed by atoms with E-state index in [4.69, 9.17) is 37.9 Å². The maximum Gasteiger partial charge on any atom is 0.246 e. The van der Waals surface area contributed by atoms with Gasteiger partial charge < -0.3 is 48.5 Å². The minimum Gasteiger partial charge on any atom is -0.382 e. The smallest absolute Gasteiger partial charge is 0.246 e. The molecule has 12 nitrogen and oxygen atoms in total. The van der Waals surface area contributed by atoms with Crippen molar-refractivity contribution in [2.45, 2.75) is 26.2 Å². The average Bonchev–Trinajstić information content (AvgIpc) is 2.87. The van der Waals surface area contributed by atoms with E-state index >= 15 is 0 Å². The number of amides is 2. The average molecular weight is 525 g/mol. The van der Waals surface area contributed by atoms with Crippen LogP contribution < -0.4 is 10.6 Å². The summed E-state index contributed by atoms with van der Waals surface area (Å²) in [5.41, 5.74) is 0. The molecule has 0 radical (unpaired) electrons. The van der Waals surface area contributed by atoms with E-state index in [-0.39, 0.29) is 31.4 Å². The topological polar surface area (TPSA) is 132 Å². The molecule has 12 heteroatoms. The molecule has 0 aliphatic rings. The summed E-state index contributed by atoms with van der Waals surface area (Å²) in [6.07, 6.45) is 2.41. The first kappa shape index (κ1) is 34.6. The Morgan fingerprint density at radius 2 is 0.972 bits per heavy atom. The molecule has 2 amide bonds. The van der Waals surface area contributed by atoms with E-state index in [1.54, 1.807) is 7.11 Å². The summed E-state index contributed by atoms with van der Waals surface area (Å²) in [4.78, 5) is 23.4. The Morgan fingerprint density at radius 3 is 1.53 bits per heavy atom. The second-order valence-electron chi connectivity index (χ2n) is 7.52. The van der Waals surface area contributed by atoms with Gasteiger partial charge in [-0.15, -0.1) is 0 Å². The van der Waals surface area contributed by atoms with Crippen LogP contribution in [0.2, 0.25) is 0 Å². The van der Waals surface area contributed by atoms with E-state index in [1.807, 2.05) is 0 Å². The first-order valence-electron chi connectivity index (χ1n) is 12.8. The molecule has 36 heavy (non-hydrogen) atoms. The number of carbonyl (C=O) groups excluding carboxylic acids is 2. The number of unbranched alkanes of at least 4 members (excludes halogenated alkanes) is 1. The fraction of sp³-hybridized carbons (Fsp3) is 0.917. The Hall–Kier alpha value is -1.38. The molecule has 0 saturated heterocycles.